The average molecular weight is 375 g/mol. The molecule has 0 aliphatic carbocycles. The van der Waals surface area contributed by atoms with Crippen LogP contribution in [0.25, 0.3) is 0 Å². The molecule has 1 atom stereocenters. The van der Waals surface area contributed by atoms with Crippen LogP contribution in [0.2, 0.25) is 0 Å². The molecule has 0 radical (unpaired) electrons. The van der Waals surface area contributed by atoms with Crippen molar-refractivity contribution < 1.29 is 13.2 Å². The number of rotatable bonds is 7. The van der Waals surface area contributed by atoms with Gasteiger partial charge in [-0.1, -0.05) is 55.0 Å². The van der Waals surface area contributed by atoms with Crippen molar-refractivity contribution in [2.45, 2.75) is 33.2 Å². The normalized spacial score (nSPS) is 12.5. The maximum atomic E-state index is 12.5. The summed E-state index contributed by atoms with van der Waals surface area (Å²) >= 11 is 0. The average Bonchev–Trinajstić information content (AvgIpc) is 2.59. The molecule has 0 aromatic heterocycles. The molecule has 0 saturated carbocycles. The molecule has 0 spiro atoms. The van der Waals surface area contributed by atoms with Crippen LogP contribution in [0, 0.1) is 6.92 Å². The van der Waals surface area contributed by atoms with Crippen LogP contribution in [0.5, 0.6) is 0 Å². The Bertz CT molecular complexity index is 861. The molecule has 2 aromatic carbocycles. The van der Waals surface area contributed by atoms with Crippen LogP contribution < -0.4 is 9.62 Å². The van der Waals surface area contributed by atoms with E-state index in [0.29, 0.717) is 12.1 Å². The molecule has 1 N–H and O–H groups in total. The van der Waals surface area contributed by atoms with Crippen molar-refractivity contribution in [1.29, 1.82) is 0 Å². The van der Waals surface area contributed by atoms with Crippen molar-refractivity contribution in [3.05, 3.63) is 65.2 Å². The Morgan fingerprint density at radius 1 is 1.12 bits per heavy atom. The quantitative estimate of drug-likeness (QED) is 0.809. The van der Waals surface area contributed by atoms with Gasteiger partial charge in [-0.25, -0.2) is 8.42 Å². The standard InChI is InChI=1S/C20H26N2O3S/c1-5-17-8-6-7-9-19(17)22(26(4,24)25)14-20(23)21-16(3)18-12-10-15(2)11-13-18/h6-13,16H,5,14H2,1-4H3,(H,21,23)/t16-/m1/s1. The van der Waals surface area contributed by atoms with Crippen molar-refractivity contribution in [2.75, 3.05) is 17.1 Å². The van der Waals surface area contributed by atoms with Gasteiger partial charge in [0.1, 0.15) is 6.54 Å². The summed E-state index contributed by atoms with van der Waals surface area (Å²) in [5.74, 6) is -0.339. The number of nitrogens with one attached hydrogen (secondary N) is 1. The van der Waals surface area contributed by atoms with Gasteiger partial charge in [0.05, 0.1) is 18.0 Å². The molecular formula is C20H26N2O3S. The van der Waals surface area contributed by atoms with E-state index < -0.39 is 10.0 Å². The van der Waals surface area contributed by atoms with Gasteiger partial charge in [0.25, 0.3) is 0 Å². The molecule has 0 bridgehead atoms. The van der Waals surface area contributed by atoms with Gasteiger partial charge in [-0.2, -0.15) is 0 Å². The lowest BCUT2D eigenvalue weighted by Gasteiger charge is -2.25. The topological polar surface area (TPSA) is 66.5 Å². The first-order valence-electron chi connectivity index (χ1n) is 8.64. The zero-order chi connectivity index (χ0) is 19.3. The minimum absolute atomic E-state index is 0.203. The smallest absolute Gasteiger partial charge is 0.241 e. The monoisotopic (exact) mass is 374 g/mol. The van der Waals surface area contributed by atoms with E-state index in [2.05, 4.69) is 5.32 Å². The fourth-order valence-corrected chi connectivity index (χ4v) is 3.68. The van der Waals surface area contributed by atoms with Gasteiger partial charge in [0, 0.05) is 0 Å². The van der Waals surface area contributed by atoms with Gasteiger partial charge >= 0.3 is 0 Å². The van der Waals surface area contributed by atoms with E-state index in [9.17, 15) is 13.2 Å². The minimum atomic E-state index is -3.58. The Kier molecular flexibility index (Phi) is 6.42. The first kappa shape index (κ1) is 20.0. The molecular weight excluding hydrogens is 348 g/mol. The van der Waals surface area contributed by atoms with Gasteiger partial charge in [0.15, 0.2) is 0 Å². The third kappa shape index (κ3) is 5.08. The lowest BCUT2D eigenvalue weighted by atomic mass is 10.1. The molecule has 0 unspecified atom stereocenters. The van der Waals surface area contributed by atoms with Crippen molar-refractivity contribution >= 4 is 21.6 Å². The lowest BCUT2D eigenvalue weighted by Crippen LogP contribution is -2.41. The third-order valence-electron chi connectivity index (χ3n) is 4.28. The minimum Gasteiger partial charge on any atom is -0.348 e. The predicted molar refractivity (Wildman–Crippen MR) is 106 cm³/mol. The number of carbonyl (C=O) groups is 1. The van der Waals surface area contributed by atoms with Crippen molar-refractivity contribution in [1.82, 2.24) is 5.32 Å². The fraction of sp³-hybridized carbons (Fsp3) is 0.350. The summed E-state index contributed by atoms with van der Waals surface area (Å²) in [6.07, 6.45) is 1.81. The van der Waals surface area contributed by atoms with Gasteiger partial charge < -0.3 is 5.32 Å². The lowest BCUT2D eigenvalue weighted by molar-refractivity contribution is -0.120. The number of carbonyl (C=O) groups excluding carboxylic acids is 1. The Hall–Kier alpha value is -2.34. The highest BCUT2D eigenvalue weighted by Crippen LogP contribution is 2.23. The molecule has 0 aliphatic heterocycles. The fourth-order valence-electron chi connectivity index (χ4n) is 2.79. The predicted octanol–water partition coefficient (Wildman–Crippen LogP) is 3.20. The Morgan fingerprint density at radius 2 is 1.73 bits per heavy atom. The maximum absolute atomic E-state index is 12.5. The van der Waals surface area contributed by atoms with Crippen LogP contribution in [0.15, 0.2) is 48.5 Å². The molecule has 2 aromatic rings. The van der Waals surface area contributed by atoms with Crippen molar-refractivity contribution in [3.63, 3.8) is 0 Å². The zero-order valence-corrected chi connectivity index (χ0v) is 16.5. The summed E-state index contributed by atoms with van der Waals surface area (Å²) < 4.78 is 25.7. The van der Waals surface area contributed by atoms with Crippen LogP contribution >= 0.6 is 0 Å². The largest absolute Gasteiger partial charge is 0.348 e. The molecule has 26 heavy (non-hydrogen) atoms. The second-order valence-corrected chi connectivity index (χ2v) is 8.36. The second kappa shape index (κ2) is 8.36. The van der Waals surface area contributed by atoms with E-state index in [1.165, 1.54) is 4.31 Å². The molecule has 0 fully saturated rings. The highest BCUT2D eigenvalue weighted by molar-refractivity contribution is 7.92. The van der Waals surface area contributed by atoms with E-state index >= 15 is 0 Å². The summed E-state index contributed by atoms with van der Waals surface area (Å²) in [5.41, 5.74) is 3.56. The van der Waals surface area contributed by atoms with E-state index in [1.54, 1.807) is 12.1 Å². The summed E-state index contributed by atoms with van der Waals surface area (Å²) in [6.45, 7) is 5.60. The number of amides is 1. The Morgan fingerprint density at radius 3 is 2.31 bits per heavy atom. The van der Waals surface area contributed by atoms with E-state index in [-0.39, 0.29) is 18.5 Å². The van der Waals surface area contributed by atoms with Gasteiger partial charge in [-0.3, -0.25) is 9.10 Å². The highest BCUT2D eigenvalue weighted by Gasteiger charge is 2.23. The summed E-state index contributed by atoms with van der Waals surface area (Å²) in [5, 5.41) is 2.88. The number of hydrogen-bond donors (Lipinski definition) is 1. The Labute approximate surface area is 156 Å². The Balaban J connectivity index is 2.18. The van der Waals surface area contributed by atoms with E-state index in [4.69, 9.17) is 0 Å². The zero-order valence-electron chi connectivity index (χ0n) is 15.7. The first-order chi connectivity index (χ1) is 12.2. The SMILES string of the molecule is CCc1ccccc1N(CC(=O)N[C@H](C)c1ccc(C)cc1)S(C)(=O)=O. The highest BCUT2D eigenvalue weighted by atomic mass is 32.2. The summed E-state index contributed by atoms with van der Waals surface area (Å²) in [6, 6.07) is 14.9. The van der Waals surface area contributed by atoms with E-state index in [0.717, 1.165) is 22.9 Å². The number of aryl methyl sites for hydroxylation is 2. The van der Waals surface area contributed by atoms with Crippen LogP contribution in [0.1, 0.15) is 36.6 Å². The number of hydrogen-bond acceptors (Lipinski definition) is 3. The number of nitrogens with zero attached hydrogens (tertiary/aromatic N) is 1. The van der Waals surface area contributed by atoms with E-state index in [1.807, 2.05) is 57.2 Å². The molecule has 1 amide bonds. The molecule has 0 aliphatic rings. The summed E-state index contributed by atoms with van der Waals surface area (Å²) in [7, 11) is -3.58. The van der Waals surface area contributed by atoms with Gasteiger partial charge in [0.2, 0.25) is 15.9 Å². The molecule has 140 valence electrons. The van der Waals surface area contributed by atoms with Crippen LogP contribution in [0.3, 0.4) is 0 Å². The van der Waals surface area contributed by atoms with Gasteiger partial charge in [-0.15, -0.1) is 0 Å². The van der Waals surface area contributed by atoms with Crippen molar-refractivity contribution in [3.8, 4) is 0 Å². The maximum Gasteiger partial charge on any atom is 0.241 e. The van der Waals surface area contributed by atoms with Gasteiger partial charge in [-0.05, 0) is 37.5 Å². The van der Waals surface area contributed by atoms with Crippen molar-refractivity contribution in [2.24, 2.45) is 0 Å². The van der Waals surface area contributed by atoms with Crippen LogP contribution in [-0.2, 0) is 21.2 Å². The molecule has 2 rings (SSSR count). The van der Waals surface area contributed by atoms with Crippen LogP contribution in [-0.4, -0.2) is 27.1 Å². The summed E-state index contributed by atoms with van der Waals surface area (Å²) in [4.78, 5) is 12.5. The molecule has 5 nitrogen and oxygen atoms in total. The van der Waals surface area contributed by atoms with Crippen LogP contribution in [0.4, 0.5) is 5.69 Å². The number of sulfonamides is 1. The number of anilines is 1. The third-order valence-corrected chi connectivity index (χ3v) is 5.41. The number of benzene rings is 2. The second-order valence-electron chi connectivity index (χ2n) is 6.45. The number of para-hydroxylation sites is 1. The molecule has 0 saturated heterocycles. The first-order valence-corrected chi connectivity index (χ1v) is 10.5. The molecule has 0 heterocycles. The molecule has 6 heteroatoms.